The van der Waals surface area contributed by atoms with Crippen molar-refractivity contribution in [2.45, 2.75) is 58.2 Å². The molecule has 2 N–H and O–H groups in total. The molecule has 1 aromatic rings. The molecule has 0 bridgehead atoms. The molecular weight excluding hydrogens is 302 g/mol. The Hall–Kier alpha value is -1.26. The molecule has 0 radical (unpaired) electrons. The normalized spacial score (nSPS) is 13.8. The van der Waals surface area contributed by atoms with Crippen LogP contribution in [0.25, 0.3) is 0 Å². The highest BCUT2D eigenvalue weighted by Crippen LogP contribution is 2.36. The number of rotatable bonds is 5. The maximum atomic E-state index is 12.2. The van der Waals surface area contributed by atoms with Gasteiger partial charge in [0.2, 0.25) is 0 Å². The predicted molar refractivity (Wildman–Crippen MR) is 90.2 cm³/mol. The number of ether oxygens (including phenoxy) is 2. The van der Waals surface area contributed by atoms with Crippen LogP contribution in [0.2, 0.25) is 5.02 Å². The molecule has 0 saturated carbocycles. The van der Waals surface area contributed by atoms with Crippen molar-refractivity contribution in [2.75, 3.05) is 12.8 Å². The van der Waals surface area contributed by atoms with Crippen LogP contribution in [0.5, 0.6) is 0 Å². The van der Waals surface area contributed by atoms with Crippen molar-refractivity contribution in [3.63, 3.8) is 0 Å². The number of halogens is 1. The van der Waals surface area contributed by atoms with Crippen LogP contribution in [0.15, 0.2) is 18.2 Å². The Bertz CT molecular complexity index is 535. The first-order valence-electron chi connectivity index (χ1n) is 7.28. The van der Waals surface area contributed by atoms with Crippen LogP contribution >= 0.6 is 11.6 Å². The van der Waals surface area contributed by atoms with Gasteiger partial charge in [0, 0.05) is 13.0 Å². The first-order chi connectivity index (χ1) is 9.96. The summed E-state index contributed by atoms with van der Waals surface area (Å²) >= 11 is 5.98. The van der Waals surface area contributed by atoms with Crippen molar-refractivity contribution in [3.8, 4) is 0 Å². The predicted octanol–water partition coefficient (Wildman–Crippen LogP) is 4.16. The Morgan fingerprint density at radius 1 is 1.27 bits per heavy atom. The molecule has 1 atom stereocenters. The average Bonchev–Trinajstić information content (AvgIpc) is 2.37. The van der Waals surface area contributed by atoms with E-state index in [0.29, 0.717) is 10.7 Å². The molecule has 0 heterocycles. The van der Waals surface area contributed by atoms with E-state index in [1.807, 2.05) is 40.7 Å². The van der Waals surface area contributed by atoms with Crippen LogP contribution in [0.4, 0.5) is 5.69 Å². The largest absolute Gasteiger partial charge is 0.460 e. The fraction of sp³-hybridized carbons (Fsp3) is 0.588. The Labute approximate surface area is 137 Å². The van der Waals surface area contributed by atoms with E-state index >= 15 is 0 Å². The van der Waals surface area contributed by atoms with Gasteiger partial charge in [-0.05, 0) is 52.3 Å². The average molecular weight is 328 g/mol. The van der Waals surface area contributed by atoms with Crippen molar-refractivity contribution in [3.05, 3.63) is 28.8 Å². The standard InChI is InChI=1S/C17H26ClNO3/c1-16(2,3)22-15(20)10-12(17(4,5)21-6)11-7-8-13(18)14(19)9-11/h7-9,12H,10,19H2,1-6H3. The van der Waals surface area contributed by atoms with Crippen LogP contribution in [0, 0.1) is 0 Å². The first-order valence-corrected chi connectivity index (χ1v) is 7.66. The van der Waals surface area contributed by atoms with Crippen molar-refractivity contribution in [1.82, 2.24) is 0 Å². The van der Waals surface area contributed by atoms with Gasteiger partial charge in [-0.25, -0.2) is 0 Å². The molecule has 0 aliphatic rings. The maximum absolute atomic E-state index is 12.2. The first kappa shape index (κ1) is 18.8. The van der Waals surface area contributed by atoms with E-state index in [1.165, 1.54) is 0 Å². The number of hydrogen-bond donors (Lipinski definition) is 1. The number of benzene rings is 1. The number of carbonyl (C=O) groups excluding carboxylic acids is 1. The van der Waals surface area contributed by atoms with Gasteiger partial charge in [0.25, 0.3) is 0 Å². The summed E-state index contributed by atoms with van der Waals surface area (Å²) < 4.78 is 11.0. The third kappa shape index (κ3) is 5.18. The summed E-state index contributed by atoms with van der Waals surface area (Å²) in [6, 6.07) is 5.40. The monoisotopic (exact) mass is 327 g/mol. The highest BCUT2D eigenvalue weighted by Gasteiger charge is 2.34. The zero-order valence-corrected chi connectivity index (χ0v) is 15.0. The molecule has 0 saturated heterocycles. The minimum absolute atomic E-state index is 0.188. The van der Waals surface area contributed by atoms with Crippen LogP contribution in [-0.2, 0) is 14.3 Å². The van der Waals surface area contributed by atoms with E-state index in [2.05, 4.69) is 0 Å². The lowest BCUT2D eigenvalue weighted by Gasteiger charge is -2.34. The van der Waals surface area contributed by atoms with Gasteiger partial charge >= 0.3 is 5.97 Å². The number of nitrogen functional groups attached to an aromatic ring is 1. The minimum atomic E-state index is -0.544. The van der Waals surface area contributed by atoms with E-state index in [1.54, 1.807) is 19.2 Å². The van der Waals surface area contributed by atoms with Gasteiger partial charge in [0.1, 0.15) is 5.60 Å². The number of anilines is 1. The zero-order chi connectivity index (χ0) is 17.1. The van der Waals surface area contributed by atoms with Crippen LogP contribution < -0.4 is 5.73 Å². The number of hydrogen-bond acceptors (Lipinski definition) is 4. The van der Waals surface area contributed by atoms with Gasteiger partial charge in [-0.1, -0.05) is 17.7 Å². The van der Waals surface area contributed by atoms with E-state index < -0.39 is 11.2 Å². The third-order valence-electron chi connectivity index (χ3n) is 3.58. The molecule has 1 rings (SSSR count). The molecule has 0 amide bonds. The van der Waals surface area contributed by atoms with Gasteiger partial charge in [0.15, 0.2) is 0 Å². The number of esters is 1. The smallest absolute Gasteiger partial charge is 0.307 e. The molecule has 1 unspecified atom stereocenters. The van der Waals surface area contributed by atoms with Gasteiger partial charge in [0.05, 0.1) is 22.7 Å². The molecular formula is C17H26ClNO3. The molecule has 0 fully saturated rings. The Kier molecular flexibility index (Phi) is 5.88. The summed E-state index contributed by atoms with van der Waals surface area (Å²) in [5.41, 5.74) is 6.22. The summed E-state index contributed by atoms with van der Waals surface area (Å²) in [5.74, 6) is -0.455. The Morgan fingerprint density at radius 2 is 1.86 bits per heavy atom. The quantitative estimate of drug-likeness (QED) is 0.651. The topological polar surface area (TPSA) is 61.5 Å². The van der Waals surface area contributed by atoms with Crippen LogP contribution in [0.3, 0.4) is 0 Å². The number of nitrogens with two attached hydrogens (primary N) is 1. The molecule has 0 aromatic heterocycles. The molecule has 0 spiro atoms. The lowest BCUT2D eigenvalue weighted by molar-refractivity contribution is -0.157. The van der Waals surface area contributed by atoms with E-state index in [-0.39, 0.29) is 18.3 Å². The van der Waals surface area contributed by atoms with Crippen molar-refractivity contribution < 1.29 is 14.3 Å². The molecule has 4 nitrogen and oxygen atoms in total. The van der Waals surface area contributed by atoms with Crippen molar-refractivity contribution in [1.29, 1.82) is 0 Å². The molecule has 0 aliphatic carbocycles. The molecule has 1 aromatic carbocycles. The second kappa shape index (κ2) is 6.88. The Morgan fingerprint density at radius 3 is 2.32 bits per heavy atom. The Balaban J connectivity index is 3.09. The molecule has 5 heteroatoms. The summed E-state index contributed by atoms with van der Waals surface area (Å²) in [5, 5.41) is 0.495. The lowest BCUT2D eigenvalue weighted by Crippen LogP contribution is -2.35. The zero-order valence-electron chi connectivity index (χ0n) is 14.2. The van der Waals surface area contributed by atoms with Gasteiger partial charge in [-0.15, -0.1) is 0 Å². The summed E-state index contributed by atoms with van der Waals surface area (Å²) in [7, 11) is 1.63. The minimum Gasteiger partial charge on any atom is -0.460 e. The maximum Gasteiger partial charge on any atom is 0.307 e. The third-order valence-corrected chi connectivity index (χ3v) is 3.92. The van der Waals surface area contributed by atoms with E-state index in [9.17, 15) is 4.79 Å². The highest BCUT2D eigenvalue weighted by molar-refractivity contribution is 6.33. The SMILES string of the molecule is COC(C)(C)C(CC(=O)OC(C)(C)C)c1ccc(Cl)c(N)c1. The van der Waals surface area contributed by atoms with Crippen molar-refractivity contribution >= 4 is 23.3 Å². The fourth-order valence-electron chi connectivity index (χ4n) is 2.24. The van der Waals surface area contributed by atoms with Crippen molar-refractivity contribution in [2.24, 2.45) is 0 Å². The van der Waals surface area contributed by atoms with Crippen LogP contribution in [-0.4, -0.2) is 24.3 Å². The molecule has 124 valence electrons. The fourth-order valence-corrected chi connectivity index (χ4v) is 2.35. The highest BCUT2D eigenvalue weighted by atomic mass is 35.5. The molecule has 0 aliphatic heterocycles. The second-order valence-corrected chi connectivity index (χ2v) is 7.34. The van der Waals surface area contributed by atoms with Gasteiger partial charge in [-0.3, -0.25) is 4.79 Å². The second-order valence-electron chi connectivity index (χ2n) is 6.93. The number of carbonyl (C=O) groups is 1. The van der Waals surface area contributed by atoms with E-state index in [4.69, 9.17) is 26.8 Å². The number of methoxy groups -OCH3 is 1. The van der Waals surface area contributed by atoms with E-state index in [0.717, 1.165) is 5.56 Å². The lowest BCUT2D eigenvalue weighted by atomic mass is 9.82. The summed E-state index contributed by atoms with van der Waals surface area (Å²) in [4.78, 5) is 12.2. The van der Waals surface area contributed by atoms with Gasteiger partial charge < -0.3 is 15.2 Å². The van der Waals surface area contributed by atoms with Crippen LogP contribution in [0.1, 0.15) is 52.5 Å². The summed E-state index contributed by atoms with van der Waals surface area (Å²) in [6.07, 6.45) is 0.208. The van der Waals surface area contributed by atoms with Gasteiger partial charge in [-0.2, -0.15) is 0 Å². The summed E-state index contributed by atoms with van der Waals surface area (Å²) in [6.45, 7) is 9.42. The molecule has 22 heavy (non-hydrogen) atoms.